The topological polar surface area (TPSA) is 112 Å². The van der Waals surface area contributed by atoms with E-state index in [1.807, 2.05) is 26.0 Å². The minimum Gasteiger partial charge on any atom is -0.508 e. The van der Waals surface area contributed by atoms with E-state index in [1.54, 1.807) is 54.6 Å². The monoisotopic (exact) mass is 437 g/mol. The highest BCUT2D eigenvalue weighted by Crippen LogP contribution is 2.30. The highest BCUT2D eigenvalue weighted by molar-refractivity contribution is 6.03. The van der Waals surface area contributed by atoms with Crippen molar-refractivity contribution >= 4 is 22.0 Å². The second-order valence-electron chi connectivity index (χ2n) is 8.42. The van der Waals surface area contributed by atoms with Gasteiger partial charge in [-0.1, -0.05) is 30.3 Å². The Kier molecular flexibility index (Phi) is 4.46. The molecule has 0 bridgehead atoms. The van der Waals surface area contributed by atoms with Gasteiger partial charge in [-0.2, -0.15) is 5.26 Å². The van der Waals surface area contributed by atoms with Crippen molar-refractivity contribution in [3.05, 3.63) is 93.2 Å². The molecule has 3 aromatic carbocycles. The second kappa shape index (κ2) is 7.24. The first-order valence-corrected chi connectivity index (χ1v) is 10.3. The van der Waals surface area contributed by atoms with Gasteiger partial charge in [-0.25, -0.2) is 9.59 Å². The van der Waals surface area contributed by atoms with Gasteiger partial charge in [0.25, 0.3) is 0 Å². The number of H-pyrrole nitrogens is 1. The number of hydrogen-bond donors (Lipinski definition) is 2. The Balaban J connectivity index is 1.78. The van der Waals surface area contributed by atoms with Crippen LogP contribution in [0.4, 0.5) is 0 Å². The largest absolute Gasteiger partial charge is 0.508 e. The third-order valence-electron chi connectivity index (χ3n) is 5.86. The lowest BCUT2D eigenvalue weighted by Crippen LogP contribution is -2.16. The Morgan fingerprint density at radius 1 is 0.970 bits per heavy atom. The van der Waals surface area contributed by atoms with E-state index in [0.29, 0.717) is 22.2 Å². The Labute approximate surface area is 187 Å². The van der Waals surface area contributed by atoms with Crippen molar-refractivity contribution in [1.29, 1.82) is 5.26 Å². The summed E-state index contributed by atoms with van der Waals surface area (Å²) in [6, 6.07) is 21.5. The van der Waals surface area contributed by atoms with Crippen LogP contribution in [0.25, 0.3) is 38.8 Å². The lowest BCUT2D eigenvalue weighted by Gasteiger charge is -2.16. The van der Waals surface area contributed by atoms with Crippen LogP contribution in [0.5, 0.6) is 5.75 Å². The lowest BCUT2D eigenvalue weighted by atomic mass is 9.86. The molecule has 0 spiro atoms. The first-order valence-electron chi connectivity index (χ1n) is 10.3. The molecule has 0 aliphatic heterocycles. The fourth-order valence-electron chi connectivity index (χ4n) is 3.96. The normalized spacial score (nSPS) is 11.7. The molecule has 2 aromatic heterocycles. The van der Waals surface area contributed by atoms with Gasteiger partial charge in [-0.15, -0.1) is 0 Å². The molecular formula is C26H19N3O4. The summed E-state index contributed by atoms with van der Waals surface area (Å²) in [6.45, 7) is 3.65. The van der Waals surface area contributed by atoms with Crippen molar-refractivity contribution in [2.24, 2.45) is 0 Å². The van der Waals surface area contributed by atoms with E-state index >= 15 is 0 Å². The number of imidazole rings is 1. The molecule has 0 saturated carbocycles. The maximum absolute atomic E-state index is 12.9. The zero-order valence-electron chi connectivity index (χ0n) is 17.9. The number of aromatic nitrogens is 2. The Morgan fingerprint density at radius 2 is 1.64 bits per heavy atom. The molecule has 0 amide bonds. The van der Waals surface area contributed by atoms with Crippen LogP contribution in [0.2, 0.25) is 0 Å². The molecule has 2 N–H and O–H groups in total. The molecule has 0 atom stereocenters. The molecule has 5 aromatic rings. The number of nitriles is 1. The van der Waals surface area contributed by atoms with E-state index in [9.17, 15) is 20.0 Å². The maximum atomic E-state index is 12.9. The van der Waals surface area contributed by atoms with Crippen LogP contribution < -0.4 is 11.3 Å². The quantitative estimate of drug-likeness (QED) is 0.401. The predicted octanol–water partition coefficient (Wildman–Crippen LogP) is 4.60. The zero-order chi connectivity index (χ0) is 23.3. The molecule has 7 nitrogen and oxygen atoms in total. The molecule has 33 heavy (non-hydrogen) atoms. The molecule has 0 aliphatic rings. The van der Waals surface area contributed by atoms with Crippen molar-refractivity contribution < 1.29 is 9.52 Å². The van der Waals surface area contributed by atoms with Crippen molar-refractivity contribution in [2.75, 3.05) is 0 Å². The van der Waals surface area contributed by atoms with Crippen LogP contribution >= 0.6 is 0 Å². The third kappa shape index (κ3) is 3.29. The molecule has 0 radical (unpaired) electrons. The lowest BCUT2D eigenvalue weighted by molar-refractivity contribution is 0.475. The Hall–Kier alpha value is -4.57. The molecule has 0 saturated heterocycles. The highest BCUT2D eigenvalue weighted by atomic mass is 16.4. The van der Waals surface area contributed by atoms with E-state index in [0.717, 1.165) is 16.7 Å². The Morgan fingerprint density at radius 3 is 2.30 bits per heavy atom. The number of fused-ring (bicyclic) bond motifs is 3. The second-order valence-corrected chi connectivity index (χ2v) is 8.42. The summed E-state index contributed by atoms with van der Waals surface area (Å²) in [4.78, 5) is 28.1. The van der Waals surface area contributed by atoms with E-state index in [2.05, 4.69) is 11.1 Å². The van der Waals surface area contributed by atoms with Gasteiger partial charge in [0, 0.05) is 5.39 Å². The molecule has 7 heteroatoms. The Bertz CT molecular complexity index is 1680. The van der Waals surface area contributed by atoms with Gasteiger partial charge >= 0.3 is 11.3 Å². The van der Waals surface area contributed by atoms with E-state index in [1.165, 1.54) is 4.57 Å². The van der Waals surface area contributed by atoms with Gasteiger partial charge in [0.05, 0.1) is 22.7 Å². The average molecular weight is 437 g/mol. The summed E-state index contributed by atoms with van der Waals surface area (Å²) in [6.07, 6.45) is 0. The molecule has 0 aliphatic carbocycles. The standard InChI is InChI=1S/C26H19N3O4/c1-26(2,14-27)17-6-8-18(9-7-17)29-23-20-13-16(15-3-10-19(30)11-4-15)5-12-21(20)33-24(31)22(23)28-25(29)32/h3-13,30H,1-2H3,(H,28,32). The minimum absolute atomic E-state index is 0.0804. The predicted molar refractivity (Wildman–Crippen MR) is 126 cm³/mol. The number of aromatic hydroxyl groups is 1. The zero-order valence-corrected chi connectivity index (χ0v) is 17.9. The van der Waals surface area contributed by atoms with Gasteiger partial charge in [0.1, 0.15) is 11.3 Å². The number of hydrogen-bond acceptors (Lipinski definition) is 5. The number of nitrogens with one attached hydrogen (secondary N) is 1. The summed E-state index contributed by atoms with van der Waals surface area (Å²) in [5, 5.41) is 19.6. The number of phenolic OH excluding ortho intramolecular Hbond substituents is 1. The van der Waals surface area contributed by atoms with Gasteiger partial charge in [-0.3, -0.25) is 9.55 Å². The maximum Gasteiger partial charge on any atom is 0.362 e. The number of nitrogens with zero attached hydrogens (tertiary/aromatic N) is 2. The summed E-state index contributed by atoms with van der Waals surface area (Å²) >= 11 is 0. The summed E-state index contributed by atoms with van der Waals surface area (Å²) in [5.74, 6) is 0.162. The molecule has 2 heterocycles. The number of aromatic amines is 1. The number of benzene rings is 3. The smallest absolute Gasteiger partial charge is 0.362 e. The average Bonchev–Trinajstić information content (AvgIpc) is 3.17. The summed E-state index contributed by atoms with van der Waals surface area (Å²) in [7, 11) is 0. The number of rotatable bonds is 3. The van der Waals surface area contributed by atoms with Crippen molar-refractivity contribution in [1.82, 2.24) is 9.55 Å². The fraction of sp³-hybridized carbons (Fsp3) is 0.115. The first kappa shape index (κ1) is 20.3. The highest BCUT2D eigenvalue weighted by Gasteiger charge is 2.21. The molecule has 162 valence electrons. The van der Waals surface area contributed by atoms with Crippen LogP contribution in [0.3, 0.4) is 0 Å². The fourth-order valence-corrected chi connectivity index (χ4v) is 3.96. The van der Waals surface area contributed by atoms with Gasteiger partial charge in [0.2, 0.25) is 0 Å². The number of phenols is 1. The molecule has 0 fully saturated rings. The van der Waals surface area contributed by atoms with Crippen LogP contribution in [0, 0.1) is 11.3 Å². The van der Waals surface area contributed by atoms with E-state index in [4.69, 9.17) is 4.42 Å². The van der Waals surface area contributed by atoms with Gasteiger partial charge in [-0.05, 0) is 66.9 Å². The molecule has 0 unspecified atom stereocenters. The van der Waals surface area contributed by atoms with Gasteiger partial charge in [0.15, 0.2) is 5.52 Å². The van der Waals surface area contributed by atoms with Crippen LogP contribution in [-0.2, 0) is 5.41 Å². The van der Waals surface area contributed by atoms with Crippen molar-refractivity contribution in [3.8, 4) is 28.6 Å². The summed E-state index contributed by atoms with van der Waals surface area (Å²) in [5.41, 5.74) is 2.16. The summed E-state index contributed by atoms with van der Waals surface area (Å²) < 4.78 is 6.90. The van der Waals surface area contributed by atoms with Crippen LogP contribution in [0.1, 0.15) is 19.4 Å². The van der Waals surface area contributed by atoms with E-state index < -0.39 is 16.7 Å². The third-order valence-corrected chi connectivity index (χ3v) is 5.86. The first-order chi connectivity index (χ1) is 15.8. The van der Waals surface area contributed by atoms with Crippen LogP contribution in [-0.4, -0.2) is 14.7 Å². The minimum atomic E-state index is -0.670. The molecular weight excluding hydrogens is 418 g/mol. The van der Waals surface area contributed by atoms with Crippen LogP contribution in [0.15, 0.2) is 80.7 Å². The van der Waals surface area contributed by atoms with E-state index in [-0.39, 0.29) is 11.3 Å². The van der Waals surface area contributed by atoms with Crippen molar-refractivity contribution in [2.45, 2.75) is 19.3 Å². The van der Waals surface area contributed by atoms with Crippen molar-refractivity contribution in [3.63, 3.8) is 0 Å². The van der Waals surface area contributed by atoms with Gasteiger partial charge < -0.3 is 9.52 Å². The SMILES string of the molecule is CC(C)(C#N)c1ccc(-n2c(=O)[nH]c3c(=O)oc4ccc(-c5ccc(O)cc5)cc4c32)cc1. The molecule has 5 rings (SSSR count).